The number of nitrogens with zero attached hydrogens (tertiary/aromatic N) is 1. The predicted molar refractivity (Wildman–Crippen MR) is 66.3 cm³/mol. The number of halogens is 1. The highest BCUT2D eigenvalue weighted by Gasteiger charge is 2.15. The first kappa shape index (κ1) is 11.9. The molecule has 0 aromatic heterocycles. The molecule has 2 nitrogen and oxygen atoms in total. The Bertz CT molecular complexity index is 442. The Labute approximate surface area is 101 Å². The molecule has 1 aromatic carbocycles. The van der Waals surface area contributed by atoms with Crippen LogP contribution in [0.25, 0.3) is 0 Å². The normalized spacial score (nSPS) is 15.8. The second kappa shape index (κ2) is 5.18. The highest BCUT2D eigenvalue weighted by Crippen LogP contribution is 2.26. The Morgan fingerprint density at radius 3 is 2.76 bits per heavy atom. The second-order valence-corrected chi connectivity index (χ2v) is 4.77. The lowest BCUT2D eigenvalue weighted by molar-refractivity contribution is 0.578. The van der Waals surface area contributed by atoms with E-state index >= 15 is 0 Å². The van der Waals surface area contributed by atoms with Gasteiger partial charge in [-0.2, -0.15) is 5.26 Å². The van der Waals surface area contributed by atoms with Gasteiger partial charge < -0.3 is 5.32 Å². The fourth-order valence-electron chi connectivity index (χ4n) is 2.40. The van der Waals surface area contributed by atoms with Crippen LogP contribution in [0.15, 0.2) is 12.1 Å². The zero-order valence-corrected chi connectivity index (χ0v) is 10.1. The topological polar surface area (TPSA) is 35.8 Å². The Morgan fingerprint density at radius 2 is 2.12 bits per heavy atom. The number of anilines is 1. The largest absolute Gasteiger partial charge is 0.384 e. The number of hydrogen-bond donors (Lipinski definition) is 1. The van der Waals surface area contributed by atoms with Gasteiger partial charge in [0, 0.05) is 17.8 Å². The maximum atomic E-state index is 13.5. The standard InChI is InChI=1S/C14H17FN2/c1-10-13(15)6-12(8-16)7-14(10)17-9-11-4-2-3-5-11/h6-7,11,17H,2-5,9H2,1H3. The number of hydrogen-bond acceptors (Lipinski definition) is 2. The van der Waals surface area contributed by atoms with Gasteiger partial charge in [0.1, 0.15) is 5.82 Å². The maximum absolute atomic E-state index is 13.5. The summed E-state index contributed by atoms with van der Waals surface area (Å²) in [6.45, 7) is 2.63. The van der Waals surface area contributed by atoms with E-state index in [9.17, 15) is 4.39 Å². The monoisotopic (exact) mass is 232 g/mol. The van der Waals surface area contributed by atoms with Crippen molar-refractivity contribution in [3.05, 3.63) is 29.1 Å². The van der Waals surface area contributed by atoms with Crippen LogP contribution in [0.4, 0.5) is 10.1 Å². The molecule has 0 aliphatic heterocycles. The summed E-state index contributed by atoms with van der Waals surface area (Å²) in [6.07, 6.45) is 5.12. The van der Waals surface area contributed by atoms with E-state index in [0.29, 0.717) is 17.0 Å². The summed E-state index contributed by atoms with van der Waals surface area (Å²) in [4.78, 5) is 0. The van der Waals surface area contributed by atoms with Crippen molar-refractivity contribution in [1.82, 2.24) is 0 Å². The van der Waals surface area contributed by atoms with E-state index in [-0.39, 0.29) is 5.82 Å². The molecule has 90 valence electrons. The summed E-state index contributed by atoms with van der Waals surface area (Å²) in [7, 11) is 0. The Morgan fingerprint density at radius 1 is 1.41 bits per heavy atom. The van der Waals surface area contributed by atoms with Crippen molar-refractivity contribution >= 4 is 5.69 Å². The quantitative estimate of drug-likeness (QED) is 0.864. The van der Waals surface area contributed by atoms with E-state index in [0.717, 1.165) is 12.2 Å². The molecule has 1 aromatic rings. The summed E-state index contributed by atoms with van der Waals surface area (Å²) in [5.41, 5.74) is 1.73. The van der Waals surface area contributed by atoms with Crippen molar-refractivity contribution in [1.29, 1.82) is 5.26 Å². The maximum Gasteiger partial charge on any atom is 0.129 e. The van der Waals surface area contributed by atoms with Crippen LogP contribution in [-0.4, -0.2) is 6.54 Å². The fourth-order valence-corrected chi connectivity index (χ4v) is 2.40. The predicted octanol–water partition coefficient (Wildman–Crippen LogP) is 3.61. The van der Waals surface area contributed by atoms with Gasteiger partial charge in [0.15, 0.2) is 0 Å². The van der Waals surface area contributed by atoms with Crippen molar-refractivity contribution in [2.24, 2.45) is 5.92 Å². The van der Waals surface area contributed by atoms with Crippen LogP contribution in [0.3, 0.4) is 0 Å². The van der Waals surface area contributed by atoms with E-state index in [2.05, 4.69) is 5.32 Å². The molecule has 0 bridgehead atoms. The molecule has 2 rings (SSSR count). The van der Waals surface area contributed by atoms with Gasteiger partial charge in [0.2, 0.25) is 0 Å². The van der Waals surface area contributed by atoms with Crippen molar-refractivity contribution in [3.63, 3.8) is 0 Å². The molecule has 1 aliphatic carbocycles. The molecule has 0 amide bonds. The average Bonchev–Trinajstić information content (AvgIpc) is 2.84. The average molecular weight is 232 g/mol. The van der Waals surface area contributed by atoms with Gasteiger partial charge in [-0.25, -0.2) is 4.39 Å². The Kier molecular flexibility index (Phi) is 3.63. The molecule has 0 atom stereocenters. The molecule has 3 heteroatoms. The van der Waals surface area contributed by atoms with Crippen LogP contribution in [0.5, 0.6) is 0 Å². The third-order valence-electron chi connectivity index (χ3n) is 3.53. The zero-order chi connectivity index (χ0) is 12.3. The Balaban J connectivity index is 2.09. The van der Waals surface area contributed by atoms with Gasteiger partial charge in [-0.05, 0) is 37.8 Å². The number of nitrogens with one attached hydrogen (secondary N) is 1. The first-order valence-corrected chi connectivity index (χ1v) is 6.15. The smallest absolute Gasteiger partial charge is 0.129 e. The van der Waals surface area contributed by atoms with Gasteiger partial charge >= 0.3 is 0 Å². The van der Waals surface area contributed by atoms with Gasteiger partial charge in [-0.3, -0.25) is 0 Å². The third kappa shape index (κ3) is 2.76. The van der Waals surface area contributed by atoms with Crippen LogP contribution in [0.1, 0.15) is 36.8 Å². The first-order chi connectivity index (χ1) is 8.20. The lowest BCUT2D eigenvalue weighted by Gasteiger charge is -2.14. The van der Waals surface area contributed by atoms with E-state index < -0.39 is 0 Å². The second-order valence-electron chi connectivity index (χ2n) is 4.77. The van der Waals surface area contributed by atoms with Gasteiger partial charge in [0.25, 0.3) is 0 Å². The molecule has 1 saturated carbocycles. The van der Waals surface area contributed by atoms with Gasteiger partial charge in [-0.1, -0.05) is 12.8 Å². The molecular weight excluding hydrogens is 215 g/mol. The first-order valence-electron chi connectivity index (χ1n) is 6.15. The summed E-state index contributed by atoms with van der Waals surface area (Å²) < 4.78 is 13.5. The molecule has 0 spiro atoms. The molecule has 0 unspecified atom stereocenters. The Hall–Kier alpha value is -1.56. The van der Waals surface area contributed by atoms with Gasteiger partial charge in [-0.15, -0.1) is 0 Å². The van der Waals surface area contributed by atoms with E-state index in [1.54, 1.807) is 13.0 Å². The lowest BCUT2D eigenvalue weighted by Crippen LogP contribution is -2.12. The van der Waals surface area contributed by atoms with Crippen molar-refractivity contribution in [2.75, 3.05) is 11.9 Å². The molecule has 0 saturated heterocycles. The molecule has 0 heterocycles. The molecule has 0 radical (unpaired) electrons. The van der Waals surface area contributed by atoms with Crippen LogP contribution in [0, 0.1) is 30.0 Å². The SMILES string of the molecule is Cc1c(F)cc(C#N)cc1NCC1CCCC1. The van der Waals surface area contributed by atoms with E-state index in [1.807, 2.05) is 6.07 Å². The van der Waals surface area contributed by atoms with Crippen molar-refractivity contribution in [3.8, 4) is 6.07 Å². The third-order valence-corrected chi connectivity index (χ3v) is 3.53. The molecular formula is C14H17FN2. The summed E-state index contributed by atoms with van der Waals surface area (Å²) in [5, 5.41) is 12.1. The summed E-state index contributed by atoms with van der Waals surface area (Å²) >= 11 is 0. The van der Waals surface area contributed by atoms with Gasteiger partial charge in [0.05, 0.1) is 11.6 Å². The molecule has 1 N–H and O–H groups in total. The summed E-state index contributed by atoms with van der Waals surface area (Å²) in [5.74, 6) is 0.390. The molecule has 1 aliphatic rings. The van der Waals surface area contributed by atoms with E-state index in [1.165, 1.54) is 31.7 Å². The lowest BCUT2D eigenvalue weighted by atomic mass is 10.1. The van der Waals surface area contributed by atoms with Crippen LogP contribution in [-0.2, 0) is 0 Å². The molecule has 1 fully saturated rings. The summed E-state index contributed by atoms with van der Waals surface area (Å²) in [6, 6.07) is 5.00. The van der Waals surface area contributed by atoms with Crippen LogP contribution >= 0.6 is 0 Å². The fraction of sp³-hybridized carbons (Fsp3) is 0.500. The highest BCUT2D eigenvalue weighted by molar-refractivity contribution is 5.55. The van der Waals surface area contributed by atoms with Crippen LogP contribution < -0.4 is 5.32 Å². The number of nitriles is 1. The van der Waals surface area contributed by atoms with Crippen molar-refractivity contribution in [2.45, 2.75) is 32.6 Å². The highest BCUT2D eigenvalue weighted by atomic mass is 19.1. The molecule has 17 heavy (non-hydrogen) atoms. The number of benzene rings is 1. The van der Waals surface area contributed by atoms with E-state index in [4.69, 9.17) is 5.26 Å². The number of rotatable bonds is 3. The van der Waals surface area contributed by atoms with Crippen LogP contribution in [0.2, 0.25) is 0 Å². The minimum Gasteiger partial charge on any atom is -0.384 e. The zero-order valence-electron chi connectivity index (χ0n) is 10.1. The minimum absolute atomic E-state index is 0.307. The minimum atomic E-state index is -0.307. The van der Waals surface area contributed by atoms with Crippen molar-refractivity contribution < 1.29 is 4.39 Å².